The monoisotopic (exact) mass is 270 g/mol. The Balaban J connectivity index is 2.98. The summed E-state index contributed by atoms with van der Waals surface area (Å²) in [6, 6.07) is 0. The van der Waals surface area contributed by atoms with E-state index in [1.165, 1.54) is 0 Å². The predicted molar refractivity (Wildman–Crippen MR) is 70.8 cm³/mol. The quantitative estimate of drug-likeness (QED) is 0.402. The summed E-state index contributed by atoms with van der Waals surface area (Å²) in [5.74, 6) is 1.76. The molecule has 0 aliphatic rings. The molecule has 0 saturated carbocycles. The van der Waals surface area contributed by atoms with Crippen molar-refractivity contribution >= 4 is 23.4 Å². The number of hydrogen-bond donors (Lipinski definition) is 0. The van der Waals surface area contributed by atoms with Crippen LogP contribution >= 0.6 is 23.4 Å². The van der Waals surface area contributed by atoms with E-state index in [-0.39, 0.29) is 0 Å². The van der Waals surface area contributed by atoms with Crippen molar-refractivity contribution in [1.82, 2.24) is 0 Å². The third-order valence-corrected chi connectivity index (χ3v) is 3.37. The van der Waals surface area contributed by atoms with E-state index in [2.05, 4.69) is 6.92 Å². The zero-order valence-electron chi connectivity index (χ0n) is 10.2. The topological polar surface area (TPSA) is 27.7 Å². The highest BCUT2D eigenvalue weighted by molar-refractivity contribution is 7.99. The molecular weight excluding hydrogens is 248 g/mol. The molecule has 1 atom stereocenters. The van der Waals surface area contributed by atoms with Gasteiger partial charge in [-0.25, -0.2) is 0 Å². The summed E-state index contributed by atoms with van der Waals surface area (Å²) in [7, 11) is 1.67. The van der Waals surface area contributed by atoms with Gasteiger partial charge in [-0.1, -0.05) is 6.92 Å². The molecule has 0 aromatic heterocycles. The van der Waals surface area contributed by atoms with Crippen molar-refractivity contribution < 1.29 is 14.2 Å². The summed E-state index contributed by atoms with van der Waals surface area (Å²) >= 11 is 7.55. The molecule has 5 heteroatoms. The Morgan fingerprint density at radius 2 is 1.69 bits per heavy atom. The van der Waals surface area contributed by atoms with Gasteiger partial charge in [0.25, 0.3) is 0 Å². The highest BCUT2D eigenvalue weighted by Gasteiger charge is 2.00. The Morgan fingerprint density at radius 1 is 1.06 bits per heavy atom. The zero-order valence-corrected chi connectivity index (χ0v) is 11.8. The van der Waals surface area contributed by atoms with Crippen molar-refractivity contribution in [3.8, 4) is 0 Å². The minimum absolute atomic E-state index is 0.624. The van der Waals surface area contributed by atoms with E-state index in [1.54, 1.807) is 7.11 Å². The maximum absolute atomic E-state index is 5.65. The van der Waals surface area contributed by atoms with E-state index in [0.717, 1.165) is 24.7 Å². The molecule has 0 heterocycles. The Morgan fingerprint density at radius 3 is 2.31 bits per heavy atom. The number of halogens is 1. The van der Waals surface area contributed by atoms with Gasteiger partial charge < -0.3 is 14.2 Å². The van der Waals surface area contributed by atoms with Crippen LogP contribution in [0.3, 0.4) is 0 Å². The first-order chi connectivity index (χ1) is 7.81. The molecule has 0 aromatic carbocycles. The molecule has 0 spiro atoms. The SMILES string of the molecule is COCCOCCOCCSC(C)CCCl. The van der Waals surface area contributed by atoms with E-state index in [1.807, 2.05) is 11.8 Å². The van der Waals surface area contributed by atoms with Crippen LogP contribution in [0.15, 0.2) is 0 Å². The number of thioether (sulfide) groups is 1. The van der Waals surface area contributed by atoms with E-state index in [4.69, 9.17) is 25.8 Å². The summed E-state index contributed by atoms with van der Waals surface area (Å²) in [4.78, 5) is 0. The molecule has 98 valence electrons. The number of alkyl halides is 1. The van der Waals surface area contributed by atoms with Gasteiger partial charge in [0.05, 0.1) is 33.0 Å². The molecule has 3 nitrogen and oxygen atoms in total. The van der Waals surface area contributed by atoms with Gasteiger partial charge in [0.2, 0.25) is 0 Å². The van der Waals surface area contributed by atoms with Gasteiger partial charge >= 0.3 is 0 Å². The van der Waals surface area contributed by atoms with Crippen molar-refractivity contribution in [1.29, 1.82) is 0 Å². The number of ether oxygens (including phenoxy) is 3. The second-order valence-corrected chi connectivity index (χ2v) is 5.30. The summed E-state index contributed by atoms with van der Waals surface area (Å²) in [5.41, 5.74) is 0. The predicted octanol–water partition coefficient (Wildman–Crippen LogP) is 2.42. The maximum atomic E-state index is 5.65. The Hall–Kier alpha value is 0.520. The molecule has 0 N–H and O–H groups in total. The van der Waals surface area contributed by atoms with E-state index in [0.29, 0.717) is 31.7 Å². The van der Waals surface area contributed by atoms with Crippen LogP contribution in [0.2, 0.25) is 0 Å². The molecule has 0 aliphatic heterocycles. The van der Waals surface area contributed by atoms with Crippen molar-refractivity contribution in [2.24, 2.45) is 0 Å². The molecule has 0 aromatic rings. The molecule has 1 unspecified atom stereocenters. The molecule has 0 saturated heterocycles. The van der Waals surface area contributed by atoms with Gasteiger partial charge in [0.1, 0.15) is 0 Å². The molecule has 0 radical (unpaired) electrons. The Labute approximate surface area is 108 Å². The minimum atomic E-state index is 0.624. The first-order valence-electron chi connectivity index (χ1n) is 5.63. The van der Waals surface area contributed by atoms with Crippen molar-refractivity contribution in [3.05, 3.63) is 0 Å². The fraction of sp³-hybridized carbons (Fsp3) is 1.00. The van der Waals surface area contributed by atoms with E-state index >= 15 is 0 Å². The van der Waals surface area contributed by atoms with Crippen LogP contribution < -0.4 is 0 Å². The minimum Gasteiger partial charge on any atom is -0.382 e. The van der Waals surface area contributed by atoms with Gasteiger partial charge in [-0.15, -0.1) is 11.6 Å². The van der Waals surface area contributed by atoms with Gasteiger partial charge in [0, 0.05) is 24.0 Å². The molecule has 0 fully saturated rings. The maximum Gasteiger partial charge on any atom is 0.0701 e. The average Bonchev–Trinajstić information content (AvgIpc) is 2.27. The van der Waals surface area contributed by atoms with Crippen LogP contribution in [-0.2, 0) is 14.2 Å². The number of methoxy groups -OCH3 is 1. The number of hydrogen-bond acceptors (Lipinski definition) is 4. The average molecular weight is 271 g/mol. The third-order valence-electron chi connectivity index (χ3n) is 1.95. The normalized spacial score (nSPS) is 12.9. The van der Waals surface area contributed by atoms with Crippen LogP contribution in [-0.4, -0.2) is 57.0 Å². The second-order valence-electron chi connectivity index (χ2n) is 3.38. The first-order valence-corrected chi connectivity index (χ1v) is 7.21. The van der Waals surface area contributed by atoms with Gasteiger partial charge in [-0.05, 0) is 6.42 Å². The van der Waals surface area contributed by atoms with Crippen LogP contribution in [0.4, 0.5) is 0 Å². The summed E-state index contributed by atoms with van der Waals surface area (Å²) in [5, 5.41) is 0.624. The lowest BCUT2D eigenvalue weighted by atomic mass is 10.4. The highest BCUT2D eigenvalue weighted by Crippen LogP contribution is 2.13. The molecular formula is C11H23ClO3S. The summed E-state index contributed by atoms with van der Waals surface area (Å²) < 4.78 is 15.5. The third kappa shape index (κ3) is 12.6. The van der Waals surface area contributed by atoms with Crippen LogP contribution in [0, 0.1) is 0 Å². The van der Waals surface area contributed by atoms with E-state index in [9.17, 15) is 0 Å². The molecule has 0 rings (SSSR count). The van der Waals surface area contributed by atoms with Crippen molar-refractivity contribution in [2.45, 2.75) is 18.6 Å². The summed E-state index contributed by atoms with van der Waals surface area (Å²) in [6.45, 7) is 5.57. The highest BCUT2D eigenvalue weighted by atomic mass is 35.5. The fourth-order valence-electron chi connectivity index (χ4n) is 1.01. The number of rotatable bonds is 12. The summed E-state index contributed by atoms with van der Waals surface area (Å²) in [6.07, 6.45) is 1.06. The smallest absolute Gasteiger partial charge is 0.0701 e. The zero-order chi connectivity index (χ0) is 12.1. The van der Waals surface area contributed by atoms with Crippen molar-refractivity contribution in [2.75, 3.05) is 51.8 Å². The second kappa shape index (κ2) is 13.6. The largest absolute Gasteiger partial charge is 0.382 e. The molecule has 0 amide bonds. The van der Waals surface area contributed by atoms with Gasteiger partial charge in [-0.3, -0.25) is 0 Å². The lowest BCUT2D eigenvalue weighted by Crippen LogP contribution is -2.10. The lowest BCUT2D eigenvalue weighted by molar-refractivity contribution is 0.0286. The first kappa shape index (κ1) is 16.5. The van der Waals surface area contributed by atoms with Crippen molar-refractivity contribution in [3.63, 3.8) is 0 Å². The molecule has 0 bridgehead atoms. The Kier molecular flexibility index (Phi) is 14.0. The van der Waals surface area contributed by atoms with E-state index < -0.39 is 0 Å². The molecule has 16 heavy (non-hydrogen) atoms. The van der Waals surface area contributed by atoms with Gasteiger partial charge in [-0.2, -0.15) is 11.8 Å². The van der Waals surface area contributed by atoms with Crippen LogP contribution in [0.25, 0.3) is 0 Å². The Bertz CT molecular complexity index is 138. The fourth-order valence-corrected chi connectivity index (χ4v) is 2.37. The van der Waals surface area contributed by atoms with Crippen LogP contribution in [0.5, 0.6) is 0 Å². The molecule has 0 aliphatic carbocycles. The van der Waals surface area contributed by atoms with Gasteiger partial charge in [0.15, 0.2) is 0 Å². The lowest BCUT2D eigenvalue weighted by Gasteiger charge is -2.09. The standard InChI is InChI=1S/C11H23ClO3S/c1-11(3-4-12)16-10-9-15-8-7-14-6-5-13-2/h11H,3-10H2,1-2H3. The van der Waals surface area contributed by atoms with Crippen LogP contribution in [0.1, 0.15) is 13.3 Å².